The second kappa shape index (κ2) is 6.50. The largest absolute Gasteiger partial charge is 0.324 e. The van der Waals surface area contributed by atoms with Crippen molar-refractivity contribution >= 4 is 26.7 Å². The molecule has 26 heavy (non-hydrogen) atoms. The van der Waals surface area contributed by atoms with Crippen molar-refractivity contribution in [3.8, 4) is 11.4 Å². The number of hydrogen-bond acceptors (Lipinski definition) is 5. The van der Waals surface area contributed by atoms with Crippen molar-refractivity contribution in [2.75, 3.05) is 0 Å². The number of nitrogens with zero attached hydrogens (tertiary/aromatic N) is 3. The first-order chi connectivity index (χ1) is 12.2. The molecule has 0 saturated carbocycles. The van der Waals surface area contributed by atoms with Crippen LogP contribution in [0.15, 0.2) is 41.3 Å². The van der Waals surface area contributed by atoms with E-state index >= 15 is 0 Å². The highest BCUT2D eigenvalue weighted by atomic mass is 32.2. The number of sulfonamides is 1. The summed E-state index contributed by atoms with van der Waals surface area (Å²) in [6, 6.07) is 9.46. The van der Waals surface area contributed by atoms with Gasteiger partial charge in [-0.2, -0.15) is 0 Å². The predicted octanol–water partition coefficient (Wildman–Crippen LogP) is 2.98. The number of aromatic nitrogens is 2. The first-order valence-corrected chi connectivity index (χ1v) is 9.55. The number of benzene rings is 2. The summed E-state index contributed by atoms with van der Waals surface area (Å²) in [6.45, 7) is 4.32. The van der Waals surface area contributed by atoms with Crippen LogP contribution in [-0.4, -0.2) is 22.9 Å². The monoisotopic (exact) mass is 374 g/mol. The topological polar surface area (TPSA) is 121 Å². The normalized spacial score (nSPS) is 11.8. The van der Waals surface area contributed by atoms with Crippen molar-refractivity contribution in [1.82, 2.24) is 9.55 Å². The maximum Gasteiger partial charge on any atom is 0.273 e. The molecular weight excluding hydrogens is 356 g/mol. The Morgan fingerprint density at radius 3 is 2.58 bits per heavy atom. The Morgan fingerprint density at radius 1 is 1.23 bits per heavy atom. The molecular formula is C17H18N4O4S. The van der Waals surface area contributed by atoms with Crippen LogP contribution < -0.4 is 5.14 Å². The highest BCUT2D eigenvalue weighted by Crippen LogP contribution is 2.30. The smallest absolute Gasteiger partial charge is 0.273 e. The fraction of sp³-hybridized carbons (Fsp3) is 0.235. The lowest BCUT2D eigenvalue weighted by Gasteiger charge is -2.08. The van der Waals surface area contributed by atoms with E-state index < -0.39 is 14.9 Å². The third-order valence-corrected chi connectivity index (χ3v) is 5.07. The quantitative estimate of drug-likeness (QED) is 0.543. The van der Waals surface area contributed by atoms with Gasteiger partial charge in [-0.05, 0) is 31.5 Å². The van der Waals surface area contributed by atoms with Crippen molar-refractivity contribution in [3.05, 3.63) is 52.1 Å². The van der Waals surface area contributed by atoms with E-state index in [1.54, 1.807) is 25.1 Å². The van der Waals surface area contributed by atoms with Gasteiger partial charge in [-0.15, -0.1) is 0 Å². The van der Waals surface area contributed by atoms with Crippen molar-refractivity contribution in [1.29, 1.82) is 0 Å². The van der Waals surface area contributed by atoms with Crippen LogP contribution in [0.3, 0.4) is 0 Å². The van der Waals surface area contributed by atoms with Gasteiger partial charge in [0, 0.05) is 23.7 Å². The molecule has 8 nitrogen and oxygen atoms in total. The van der Waals surface area contributed by atoms with Gasteiger partial charge >= 0.3 is 0 Å². The molecule has 0 spiro atoms. The van der Waals surface area contributed by atoms with E-state index in [1.807, 2.05) is 11.5 Å². The summed E-state index contributed by atoms with van der Waals surface area (Å²) in [6.07, 6.45) is 0.823. The van der Waals surface area contributed by atoms with Gasteiger partial charge < -0.3 is 4.57 Å². The molecule has 0 aliphatic carbocycles. The molecule has 136 valence electrons. The minimum atomic E-state index is -3.84. The predicted molar refractivity (Wildman–Crippen MR) is 98.2 cm³/mol. The Kier molecular flexibility index (Phi) is 4.51. The third-order valence-electron chi connectivity index (χ3n) is 4.16. The van der Waals surface area contributed by atoms with E-state index in [-0.39, 0.29) is 10.6 Å². The first kappa shape index (κ1) is 18.0. The van der Waals surface area contributed by atoms with Crippen LogP contribution in [0.4, 0.5) is 5.69 Å². The maximum atomic E-state index is 11.6. The molecule has 3 rings (SSSR count). The number of aryl methyl sites for hydroxylation is 2. The summed E-state index contributed by atoms with van der Waals surface area (Å²) >= 11 is 0. The molecule has 2 N–H and O–H groups in total. The zero-order chi connectivity index (χ0) is 19.1. The summed E-state index contributed by atoms with van der Waals surface area (Å²) in [5.41, 5.74) is 2.40. The average molecular weight is 374 g/mol. The molecule has 0 unspecified atom stereocenters. The Hall–Kier alpha value is -2.78. The molecule has 0 fully saturated rings. The molecule has 0 atom stereocenters. The van der Waals surface area contributed by atoms with E-state index in [1.165, 1.54) is 18.2 Å². The second-order valence-corrected chi connectivity index (χ2v) is 7.60. The Morgan fingerprint density at radius 2 is 1.96 bits per heavy atom. The van der Waals surface area contributed by atoms with Crippen LogP contribution in [0.2, 0.25) is 0 Å². The molecule has 0 amide bonds. The summed E-state index contributed by atoms with van der Waals surface area (Å²) in [5, 5.41) is 16.4. The maximum absolute atomic E-state index is 11.6. The fourth-order valence-electron chi connectivity index (χ4n) is 2.90. The zero-order valence-electron chi connectivity index (χ0n) is 14.3. The zero-order valence-corrected chi connectivity index (χ0v) is 15.2. The van der Waals surface area contributed by atoms with Gasteiger partial charge in [-0.3, -0.25) is 10.1 Å². The molecule has 0 radical (unpaired) electrons. The number of imidazole rings is 1. The summed E-state index contributed by atoms with van der Waals surface area (Å²) in [7, 11) is -3.84. The molecule has 9 heteroatoms. The summed E-state index contributed by atoms with van der Waals surface area (Å²) in [4.78, 5) is 15.3. The summed E-state index contributed by atoms with van der Waals surface area (Å²) < 4.78 is 25.1. The fourth-order valence-corrected chi connectivity index (χ4v) is 3.44. The lowest BCUT2D eigenvalue weighted by atomic mass is 10.1. The molecule has 0 aliphatic rings. The highest BCUT2D eigenvalue weighted by Gasteiger charge is 2.18. The van der Waals surface area contributed by atoms with Crippen LogP contribution in [0.25, 0.3) is 22.4 Å². The van der Waals surface area contributed by atoms with Crippen molar-refractivity contribution in [2.24, 2.45) is 5.14 Å². The number of primary sulfonamides is 1. The Bertz CT molecular complexity index is 1120. The van der Waals surface area contributed by atoms with Gasteiger partial charge in [0.1, 0.15) is 5.82 Å². The molecule has 0 aliphatic heterocycles. The summed E-state index contributed by atoms with van der Waals surface area (Å²) in [5.74, 6) is 0.552. The van der Waals surface area contributed by atoms with Gasteiger partial charge in [-0.25, -0.2) is 18.5 Å². The van der Waals surface area contributed by atoms with Crippen LogP contribution >= 0.6 is 0 Å². The van der Waals surface area contributed by atoms with Gasteiger partial charge in [0.2, 0.25) is 10.0 Å². The number of rotatable bonds is 5. The number of nitro benzene ring substituents is 1. The van der Waals surface area contributed by atoms with Crippen LogP contribution in [0.5, 0.6) is 0 Å². The minimum absolute atomic E-state index is 0.0165. The van der Waals surface area contributed by atoms with E-state index in [9.17, 15) is 18.5 Å². The minimum Gasteiger partial charge on any atom is -0.324 e. The number of nitrogens with two attached hydrogens (primary N) is 1. The van der Waals surface area contributed by atoms with Gasteiger partial charge in [-0.1, -0.05) is 19.1 Å². The second-order valence-electron chi connectivity index (χ2n) is 6.04. The van der Waals surface area contributed by atoms with E-state index in [0.29, 0.717) is 29.0 Å². The van der Waals surface area contributed by atoms with Crippen molar-refractivity contribution in [3.63, 3.8) is 0 Å². The molecule has 0 saturated heterocycles. The van der Waals surface area contributed by atoms with Crippen LogP contribution in [0.1, 0.15) is 18.9 Å². The molecule has 0 bridgehead atoms. The number of hydrogen-bond donors (Lipinski definition) is 1. The standard InChI is InChI=1S/C17H18N4O4S/c1-3-8-20-15-7-6-13(26(18,24)25)10-14(15)19-17(20)12-5-4-11(2)16(9-12)21(22)23/h4-7,9-10H,3,8H2,1-2H3,(H2,18,24,25). The van der Waals surface area contributed by atoms with E-state index in [4.69, 9.17) is 5.14 Å². The van der Waals surface area contributed by atoms with E-state index in [2.05, 4.69) is 4.98 Å². The third kappa shape index (κ3) is 3.18. The Balaban J connectivity index is 2.26. The lowest BCUT2D eigenvalue weighted by Crippen LogP contribution is -2.11. The Labute approximate surface area is 150 Å². The molecule has 1 aromatic heterocycles. The molecule has 3 aromatic rings. The van der Waals surface area contributed by atoms with Crippen molar-refractivity contribution < 1.29 is 13.3 Å². The number of fused-ring (bicyclic) bond motifs is 1. The van der Waals surface area contributed by atoms with Crippen molar-refractivity contribution in [2.45, 2.75) is 31.7 Å². The van der Waals surface area contributed by atoms with Gasteiger partial charge in [0.05, 0.1) is 20.9 Å². The lowest BCUT2D eigenvalue weighted by molar-refractivity contribution is -0.385. The van der Waals surface area contributed by atoms with E-state index in [0.717, 1.165) is 11.9 Å². The van der Waals surface area contributed by atoms with Gasteiger partial charge in [0.25, 0.3) is 5.69 Å². The molecule has 1 heterocycles. The highest BCUT2D eigenvalue weighted by molar-refractivity contribution is 7.89. The SMILES string of the molecule is CCCn1c(-c2ccc(C)c([N+](=O)[O-])c2)nc2cc(S(N)(=O)=O)ccc21. The number of nitro groups is 1. The van der Waals surface area contributed by atoms with Crippen LogP contribution in [-0.2, 0) is 16.6 Å². The average Bonchev–Trinajstić information content (AvgIpc) is 2.92. The first-order valence-electron chi connectivity index (χ1n) is 8.01. The van der Waals surface area contributed by atoms with Gasteiger partial charge in [0.15, 0.2) is 0 Å². The molecule has 2 aromatic carbocycles. The van der Waals surface area contributed by atoms with Crippen LogP contribution in [0, 0.1) is 17.0 Å².